The van der Waals surface area contributed by atoms with Crippen molar-refractivity contribution in [2.24, 2.45) is 9.98 Å². The number of aliphatic imine (C=N–C) groups is 2. The summed E-state index contributed by atoms with van der Waals surface area (Å²) in [6.07, 6.45) is 0. The predicted molar refractivity (Wildman–Crippen MR) is 101 cm³/mol. The van der Waals surface area contributed by atoms with Crippen LogP contribution in [0.5, 0.6) is 0 Å². The zero-order valence-electron chi connectivity index (χ0n) is 14.6. The lowest BCUT2D eigenvalue weighted by molar-refractivity contribution is 1.20. The molecule has 30 heavy (non-hydrogen) atoms. The van der Waals surface area contributed by atoms with Gasteiger partial charge in [-0.2, -0.15) is 31.6 Å². The van der Waals surface area contributed by atoms with Crippen molar-refractivity contribution in [3.63, 3.8) is 0 Å². The summed E-state index contributed by atoms with van der Waals surface area (Å²) in [5.74, 6) is 0. The van der Waals surface area contributed by atoms with Gasteiger partial charge in [0.05, 0.1) is 22.4 Å². The smallest absolute Gasteiger partial charge is 0.177 e. The minimum absolute atomic E-state index is 0.0814. The molecule has 2 aromatic rings. The van der Waals surface area contributed by atoms with Crippen LogP contribution < -0.4 is 0 Å². The number of rotatable bonds is 4. The Kier molecular flexibility index (Phi) is 5.95. The second-order valence-electron chi connectivity index (χ2n) is 5.09. The van der Waals surface area contributed by atoms with Crippen molar-refractivity contribution in [3.05, 3.63) is 23.5 Å². The second kappa shape index (κ2) is 8.71. The third-order valence-electron chi connectivity index (χ3n) is 3.35. The van der Waals surface area contributed by atoms with E-state index in [1.165, 1.54) is 24.3 Å². The first-order valence-electron chi connectivity index (χ1n) is 7.54. The lowest BCUT2D eigenvalue weighted by atomic mass is 10.2. The van der Waals surface area contributed by atoms with Crippen LogP contribution in [0.2, 0.25) is 0 Å². The molecule has 1 heterocycles. The number of hydrogen-bond acceptors (Lipinski definition) is 12. The van der Waals surface area contributed by atoms with Crippen LogP contribution in [0.3, 0.4) is 0 Å². The van der Waals surface area contributed by atoms with E-state index in [4.69, 9.17) is 42.4 Å². The molecule has 0 fully saturated rings. The zero-order valence-corrected chi connectivity index (χ0v) is 14.6. The van der Waals surface area contributed by atoms with Gasteiger partial charge in [0.2, 0.25) is 0 Å². The summed E-state index contributed by atoms with van der Waals surface area (Å²) in [5, 5.41) is 69.2. The highest BCUT2D eigenvalue weighted by atomic mass is 14.9. The van der Waals surface area contributed by atoms with Gasteiger partial charge in [-0.15, -0.1) is 0 Å². The summed E-state index contributed by atoms with van der Waals surface area (Å²) in [6, 6.07) is 12.0. The molecule has 136 valence electrons. The van der Waals surface area contributed by atoms with E-state index in [0.717, 1.165) is 0 Å². The van der Waals surface area contributed by atoms with Crippen molar-refractivity contribution in [2.45, 2.75) is 0 Å². The van der Waals surface area contributed by atoms with Gasteiger partial charge in [0.15, 0.2) is 34.2 Å². The highest BCUT2D eigenvalue weighted by Gasteiger charge is 2.15. The van der Waals surface area contributed by atoms with Crippen LogP contribution >= 0.6 is 0 Å². The SMILES string of the molecule is N#CC(=N)C(C#N)=Nc1cc2nc(C#N)c(C#N)nc2cc1N=C(C#N)C(=N)C#N. The molecule has 0 saturated heterocycles. The Morgan fingerprint density at radius 1 is 0.667 bits per heavy atom. The van der Waals surface area contributed by atoms with E-state index in [1.807, 2.05) is 0 Å². The molecule has 2 N–H and O–H groups in total. The molecule has 0 atom stereocenters. The third kappa shape index (κ3) is 3.95. The van der Waals surface area contributed by atoms with E-state index in [-0.39, 0.29) is 33.8 Å². The molecule has 0 saturated carbocycles. The predicted octanol–water partition coefficient (Wildman–Crippen LogP) is 1.65. The number of nitrogens with zero attached hydrogens (tertiary/aromatic N) is 10. The Bertz CT molecular complexity index is 1320. The summed E-state index contributed by atoms with van der Waals surface area (Å²) in [7, 11) is 0. The first-order chi connectivity index (χ1) is 14.4. The van der Waals surface area contributed by atoms with E-state index < -0.39 is 22.8 Å². The number of fused-ring (bicyclic) bond motifs is 1. The second-order valence-corrected chi connectivity index (χ2v) is 5.09. The van der Waals surface area contributed by atoms with Crippen LogP contribution in [0, 0.1) is 78.8 Å². The summed E-state index contributed by atoms with van der Waals surface area (Å²) in [4.78, 5) is 15.8. The number of nitriles is 6. The lowest BCUT2D eigenvalue weighted by Gasteiger charge is -2.06. The normalized spacial score (nSPS) is 10.5. The molecule has 12 heteroatoms. The van der Waals surface area contributed by atoms with Gasteiger partial charge in [-0.3, -0.25) is 10.8 Å². The molecule has 1 aromatic carbocycles. The van der Waals surface area contributed by atoms with Crippen LogP contribution in [0.25, 0.3) is 11.0 Å². The number of nitrogens with one attached hydrogen (secondary N) is 2. The summed E-state index contributed by atoms with van der Waals surface area (Å²) >= 11 is 0. The summed E-state index contributed by atoms with van der Waals surface area (Å²) in [6.45, 7) is 0. The van der Waals surface area contributed by atoms with Crippen molar-refractivity contribution < 1.29 is 0 Å². The minimum atomic E-state index is -0.735. The van der Waals surface area contributed by atoms with E-state index >= 15 is 0 Å². The largest absolute Gasteiger partial charge is 0.288 e. The molecule has 0 aliphatic rings. The molecule has 0 bridgehead atoms. The first kappa shape index (κ1) is 20.5. The molecule has 0 radical (unpaired) electrons. The van der Waals surface area contributed by atoms with E-state index in [1.54, 1.807) is 24.3 Å². The number of hydrogen-bond donors (Lipinski definition) is 2. The van der Waals surface area contributed by atoms with Gasteiger partial charge in [0.1, 0.15) is 36.4 Å². The fourth-order valence-corrected chi connectivity index (χ4v) is 2.04. The minimum Gasteiger partial charge on any atom is -0.288 e. The van der Waals surface area contributed by atoms with Crippen LogP contribution in [0.4, 0.5) is 11.4 Å². The highest BCUT2D eigenvalue weighted by Crippen LogP contribution is 2.32. The molecule has 0 unspecified atom stereocenters. The Balaban J connectivity index is 2.95. The maximum absolute atomic E-state index is 9.15. The van der Waals surface area contributed by atoms with Crippen molar-refractivity contribution in [3.8, 4) is 36.4 Å². The molecular weight excluding hydrogens is 384 g/mol. The Morgan fingerprint density at radius 2 is 1.03 bits per heavy atom. The standard InChI is InChI=1S/C18H4N12/c19-3-9(25)15(5-21)27-11-1-13-14(30-18(8-24)17(7-23)29-13)2-12(11)28-16(6-22)10(26)4-20/h1-2,25-26H. The van der Waals surface area contributed by atoms with Gasteiger partial charge >= 0.3 is 0 Å². The molecular formula is C18H4N12. The molecule has 0 aliphatic carbocycles. The average molecular weight is 388 g/mol. The Morgan fingerprint density at radius 3 is 1.30 bits per heavy atom. The zero-order chi connectivity index (χ0) is 22.3. The van der Waals surface area contributed by atoms with Gasteiger partial charge in [-0.05, 0) is 12.1 Å². The number of aromatic nitrogens is 2. The molecule has 2 rings (SSSR count). The maximum Gasteiger partial charge on any atom is 0.177 e. The first-order valence-corrected chi connectivity index (χ1v) is 7.54. The molecule has 0 aliphatic heterocycles. The summed E-state index contributed by atoms with van der Waals surface area (Å²) < 4.78 is 0. The Hall–Kier alpha value is -5.82. The van der Waals surface area contributed by atoms with Gasteiger partial charge in [0.25, 0.3) is 0 Å². The molecule has 0 spiro atoms. The molecule has 1 aromatic heterocycles. The average Bonchev–Trinajstić information content (AvgIpc) is 2.78. The lowest BCUT2D eigenvalue weighted by Crippen LogP contribution is -2.08. The van der Waals surface area contributed by atoms with Crippen molar-refractivity contribution in [2.75, 3.05) is 0 Å². The molecule has 12 nitrogen and oxygen atoms in total. The Labute approximate surface area is 168 Å². The van der Waals surface area contributed by atoms with E-state index in [2.05, 4.69) is 20.0 Å². The number of benzene rings is 1. The van der Waals surface area contributed by atoms with Gasteiger partial charge < -0.3 is 0 Å². The van der Waals surface area contributed by atoms with Crippen LogP contribution in [-0.2, 0) is 0 Å². The monoisotopic (exact) mass is 388 g/mol. The van der Waals surface area contributed by atoms with Crippen molar-refractivity contribution in [1.82, 2.24) is 9.97 Å². The van der Waals surface area contributed by atoms with E-state index in [9.17, 15) is 0 Å². The highest BCUT2D eigenvalue weighted by molar-refractivity contribution is 6.53. The van der Waals surface area contributed by atoms with Crippen LogP contribution in [-0.4, -0.2) is 32.8 Å². The quantitative estimate of drug-likeness (QED) is 0.727. The van der Waals surface area contributed by atoms with Crippen LogP contribution in [0.15, 0.2) is 22.1 Å². The van der Waals surface area contributed by atoms with Crippen molar-refractivity contribution >= 4 is 45.3 Å². The fraction of sp³-hybridized carbons (Fsp3) is 0. The van der Waals surface area contributed by atoms with Crippen LogP contribution in [0.1, 0.15) is 11.4 Å². The van der Waals surface area contributed by atoms with Gasteiger partial charge in [0, 0.05) is 0 Å². The van der Waals surface area contributed by atoms with Gasteiger partial charge in [-0.25, -0.2) is 20.0 Å². The summed E-state index contributed by atoms with van der Waals surface area (Å²) in [5.41, 5.74) is -3.23. The van der Waals surface area contributed by atoms with E-state index in [0.29, 0.717) is 0 Å². The van der Waals surface area contributed by atoms with Crippen molar-refractivity contribution in [1.29, 1.82) is 42.4 Å². The topological polar surface area (TPSA) is 241 Å². The maximum atomic E-state index is 9.15. The van der Waals surface area contributed by atoms with Gasteiger partial charge in [-0.1, -0.05) is 0 Å². The fourth-order valence-electron chi connectivity index (χ4n) is 2.04. The third-order valence-corrected chi connectivity index (χ3v) is 3.35. The molecule has 0 amide bonds.